The quantitative estimate of drug-likeness (QED) is 0.676. The molecule has 0 aliphatic rings. The van der Waals surface area contributed by atoms with Gasteiger partial charge in [0.2, 0.25) is 0 Å². The van der Waals surface area contributed by atoms with Gasteiger partial charge in [-0.15, -0.1) is 18.1 Å². The minimum absolute atomic E-state index is 0.0968. The largest absolute Gasteiger partial charge is 0.559 e. The van der Waals surface area contributed by atoms with E-state index in [1.807, 2.05) is 13.8 Å². The number of nitrogen functional groups attached to an aromatic ring is 1. The van der Waals surface area contributed by atoms with Crippen LogP contribution >= 0.6 is 0 Å². The number of hydrogen-bond acceptors (Lipinski definition) is 4. The van der Waals surface area contributed by atoms with Crippen molar-refractivity contribution in [3.8, 4) is 11.4 Å². The van der Waals surface area contributed by atoms with Crippen LogP contribution in [-0.4, -0.2) is 28.7 Å². The predicted octanol–water partition coefficient (Wildman–Crippen LogP) is 5.27. The fourth-order valence-electron chi connectivity index (χ4n) is 2.72. The molecule has 151 valence electrons. The zero-order chi connectivity index (χ0) is 20.6. The van der Waals surface area contributed by atoms with Gasteiger partial charge in [0.1, 0.15) is 5.69 Å². The van der Waals surface area contributed by atoms with Gasteiger partial charge in [0.15, 0.2) is 0 Å². The predicted molar refractivity (Wildman–Crippen MR) is 107 cm³/mol. The molecule has 0 fully saturated rings. The van der Waals surface area contributed by atoms with Crippen molar-refractivity contribution in [2.45, 2.75) is 71.3 Å². The van der Waals surface area contributed by atoms with Crippen LogP contribution in [0.15, 0.2) is 24.5 Å². The lowest BCUT2D eigenvalue weighted by atomic mass is 10.1. The van der Waals surface area contributed by atoms with E-state index >= 15 is 0 Å². The van der Waals surface area contributed by atoms with Gasteiger partial charge in [0.05, 0.1) is 24.1 Å². The molecular weight excluding hydrogens is 366 g/mol. The normalized spacial score (nSPS) is 13.4. The van der Waals surface area contributed by atoms with Gasteiger partial charge in [0.25, 0.3) is 6.43 Å². The molecule has 0 amide bonds. The molecule has 2 aromatic rings. The standard InChI is InChI=1S/C19H30F2N4OSi/c1-18(2,3)27(6,7)26-19(4,5)12-25-9-8-15(24-25)16-14(17(20)21)10-13(22)11-23-16/h8-11,17H,12,22H2,1-7H3/q-1. The first kappa shape index (κ1) is 21.5. The van der Waals surface area contributed by atoms with Gasteiger partial charge in [-0.1, -0.05) is 20.8 Å². The highest BCUT2D eigenvalue weighted by Gasteiger charge is 2.31. The number of nitrogens with zero attached hydrogens (tertiary/aromatic N) is 3. The lowest BCUT2D eigenvalue weighted by molar-refractivity contribution is 0.0692. The molecule has 0 saturated heterocycles. The second kappa shape index (κ2) is 7.31. The van der Waals surface area contributed by atoms with Crippen molar-refractivity contribution < 1.29 is 13.2 Å². The van der Waals surface area contributed by atoms with Gasteiger partial charge in [-0.25, -0.2) is 8.78 Å². The molecule has 8 heteroatoms. The number of alkyl halides is 2. The van der Waals surface area contributed by atoms with E-state index in [1.54, 1.807) is 16.9 Å². The topological polar surface area (TPSA) is 66.0 Å². The maximum absolute atomic E-state index is 13.3. The molecule has 0 bridgehead atoms. The Hall–Kier alpha value is -1.80. The molecule has 2 aromatic heterocycles. The molecule has 2 heterocycles. The minimum atomic E-state index is -2.67. The fourth-order valence-corrected chi connectivity index (χ4v) is 4.47. The van der Waals surface area contributed by atoms with E-state index in [-0.39, 0.29) is 22.0 Å². The summed E-state index contributed by atoms with van der Waals surface area (Å²) in [5.41, 5.74) is 5.70. The van der Waals surface area contributed by atoms with Crippen molar-refractivity contribution in [3.63, 3.8) is 0 Å². The summed E-state index contributed by atoms with van der Waals surface area (Å²) in [5.74, 6) is 0. The molecule has 0 aliphatic carbocycles. The average Bonchev–Trinajstić information content (AvgIpc) is 2.92. The Kier molecular flexibility index (Phi) is 5.82. The number of rotatable bonds is 6. The first-order chi connectivity index (χ1) is 12.2. The molecule has 0 aromatic carbocycles. The highest BCUT2D eigenvalue weighted by molar-refractivity contribution is 6.74. The maximum atomic E-state index is 13.3. The lowest BCUT2D eigenvalue weighted by Gasteiger charge is -2.53. The van der Waals surface area contributed by atoms with E-state index in [9.17, 15) is 8.78 Å². The number of pyridine rings is 1. The minimum Gasteiger partial charge on any atom is -0.559 e. The fraction of sp³-hybridized carbons (Fsp3) is 0.579. The Morgan fingerprint density at radius 1 is 1.22 bits per heavy atom. The third-order valence-electron chi connectivity index (χ3n) is 4.94. The zero-order valence-electron chi connectivity index (χ0n) is 17.2. The summed E-state index contributed by atoms with van der Waals surface area (Å²) in [7, 11) is -1.95. The second-order valence-electron chi connectivity index (χ2n) is 9.03. The first-order valence-electron chi connectivity index (χ1n) is 8.99. The Bertz CT molecular complexity index is 797. The van der Waals surface area contributed by atoms with Crippen molar-refractivity contribution in [3.05, 3.63) is 30.1 Å². The van der Waals surface area contributed by atoms with Crippen LogP contribution in [0.25, 0.3) is 11.4 Å². The van der Waals surface area contributed by atoms with Crippen molar-refractivity contribution in [2.75, 3.05) is 5.73 Å². The summed E-state index contributed by atoms with van der Waals surface area (Å²) in [5, 5.41) is 4.54. The highest BCUT2D eigenvalue weighted by Crippen LogP contribution is 2.39. The third kappa shape index (κ3) is 5.13. The van der Waals surface area contributed by atoms with Gasteiger partial charge in [-0.05, 0) is 34.3 Å². The monoisotopic (exact) mass is 396 g/mol. The van der Waals surface area contributed by atoms with Crippen LogP contribution < -0.4 is 5.73 Å². The van der Waals surface area contributed by atoms with Crippen molar-refractivity contribution >= 4 is 14.0 Å². The number of halogens is 2. The van der Waals surface area contributed by atoms with Crippen molar-refractivity contribution in [2.24, 2.45) is 0 Å². The molecule has 0 radical (unpaired) electrons. The van der Waals surface area contributed by atoms with Crippen molar-refractivity contribution in [1.29, 1.82) is 0 Å². The van der Waals surface area contributed by atoms with Gasteiger partial charge in [-0.2, -0.15) is 5.10 Å². The van der Waals surface area contributed by atoms with E-state index < -0.39 is 20.3 Å². The molecule has 27 heavy (non-hydrogen) atoms. The van der Waals surface area contributed by atoms with Crippen LogP contribution in [0.4, 0.5) is 14.5 Å². The van der Waals surface area contributed by atoms with Gasteiger partial charge >= 0.3 is 0 Å². The van der Waals surface area contributed by atoms with E-state index in [0.717, 1.165) is 0 Å². The molecule has 0 unspecified atom stereocenters. The summed E-state index contributed by atoms with van der Waals surface area (Å²) in [6.45, 7) is 15.6. The van der Waals surface area contributed by atoms with Crippen LogP contribution in [-0.2, 0) is 11.0 Å². The molecule has 0 aliphatic heterocycles. The Balaban J connectivity index is 2.24. The molecule has 5 nitrogen and oxygen atoms in total. The summed E-state index contributed by atoms with van der Waals surface area (Å²) in [6.07, 6.45) is 0.462. The van der Waals surface area contributed by atoms with E-state index in [1.165, 1.54) is 12.3 Å². The SMILES string of the molecule is CC(C)(Cn1ccc(-c2ncc(N)cc2C(F)F)n1)O[Si-](C)(C)C(C)(C)C. The van der Waals surface area contributed by atoms with Crippen LogP contribution in [0, 0.1) is 0 Å². The lowest BCUT2D eigenvalue weighted by Crippen LogP contribution is -2.49. The molecular formula is C19H30F2N4OSi-. The maximum Gasteiger partial charge on any atom is 0.266 e. The molecule has 2 N–H and O–H groups in total. The van der Waals surface area contributed by atoms with Crippen LogP contribution in [0.2, 0.25) is 18.1 Å². The number of anilines is 1. The summed E-state index contributed by atoms with van der Waals surface area (Å²) >= 11 is 0. The number of nitrogens with two attached hydrogens (primary N) is 1. The van der Waals surface area contributed by atoms with Crippen LogP contribution in [0.3, 0.4) is 0 Å². The van der Waals surface area contributed by atoms with Gasteiger partial charge in [0, 0.05) is 17.4 Å². The first-order valence-corrected chi connectivity index (χ1v) is 11.9. The average molecular weight is 397 g/mol. The second-order valence-corrected chi connectivity index (χ2v) is 13.8. The van der Waals surface area contributed by atoms with Crippen LogP contribution in [0.5, 0.6) is 0 Å². The van der Waals surface area contributed by atoms with E-state index in [0.29, 0.717) is 12.2 Å². The Morgan fingerprint density at radius 3 is 2.41 bits per heavy atom. The number of aromatic nitrogens is 3. The van der Waals surface area contributed by atoms with Gasteiger partial charge < -0.3 is 10.2 Å². The number of hydrogen-bond donors (Lipinski definition) is 1. The molecule has 0 spiro atoms. The van der Waals surface area contributed by atoms with Crippen molar-refractivity contribution in [1.82, 2.24) is 14.8 Å². The summed E-state index contributed by atoms with van der Waals surface area (Å²) < 4.78 is 34.9. The molecule has 0 saturated carbocycles. The smallest absolute Gasteiger partial charge is 0.266 e. The highest BCUT2D eigenvalue weighted by atomic mass is 28.4. The Morgan fingerprint density at radius 2 is 1.85 bits per heavy atom. The van der Waals surface area contributed by atoms with E-state index in [2.05, 4.69) is 43.9 Å². The summed E-state index contributed by atoms with van der Waals surface area (Å²) in [4.78, 5) is 4.07. The van der Waals surface area contributed by atoms with Crippen LogP contribution in [0.1, 0.15) is 46.6 Å². The molecule has 2 rings (SSSR count). The molecule has 0 atom stereocenters. The van der Waals surface area contributed by atoms with E-state index in [4.69, 9.17) is 10.2 Å². The summed E-state index contributed by atoms with van der Waals surface area (Å²) in [6, 6.07) is 2.93. The van der Waals surface area contributed by atoms with Gasteiger partial charge in [-0.3, -0.25) is 9.67 Å². The zero-order valence-corrected chi connectivity index (χ0v) is 18.2. The Labute approximate surface area is 161 Å². The third-order valence-corrected chi connectivity index (χ3v) is 9.61.